The predicted molar refractivity (Wildman–Crippen MR) is 147 cm³/mol. The summed E-state index contributed by atoms with van der Waals surface area (Å²) < 4.78 is 8.06. The second-order valence-electron chi connectivity index (χ2n) is 9.65. The first-order valence-corrected chi connectivity index (χ1v) is 13.1. The molecule has 1 unspecified atom stereocenters. The molecule has 4 rings (SSSR count). The molecule has 0 aliphatic rings. The number of unbranched alkanes of at least 4 members (excludes halogenated alkanes) is 1. The van der Waals surface area contributed by atoms with E-state index < -0.39 is 11.6 Å². The highest BCUT2D eigenvalue weighted by Crippen LogP contribution is 2.37. The molecular formula is C30H34N2O5. The Kier molecular flexibility index (Phi) is 7.91. The first kappa shape index (κ1) is 26.3. The molecule has 2 aromatic carbocycles. The lowest BCUT2D eigenvalue weighted by molar-refractivity contribution is -0.140. The van der Waals surface area contributed by atoms with Crippen molar-refractivity contribution in [3.05, 3.63) is 57.9 Å². The second-order valence-corrected chi connectivity index (χ2v) is 9.65. The zero-order valence-corrected chi connectivity index (χ0v) is 22.2. The largest absolute Gasteiger partial charge is 0.422 e. The van der Waals surface area contributed by atoms with Crippen LogP contribution in [0, 0.1) is 12.8 Å². The number of fused-ring (bicyclic) bond motifs is 5. The van der Waals surface area contributed by atoms with Gasteiger partial charge in [0.05, 0.1) is 10.9 Å². The minimum absolute atomic E-state index is 0.163. The average Bonchev–Trinajstić information content (AvgIpc) is 3.19. The van der Waals surface area contributed by atoms with E-state index in [1.165, 1.54) is 19.4 Å². The van der Waals surface area contributed by atoms with Crippen LogP contribution in [0.4, 0.5) is 0 Å². The number of aromatic nitrogens is 1. The quantitative estimate of drug-likeness (QED) is 0.0770. The Morgan fingerprint density at radius 1 is 1.05 bits per heavy atom. The van der Waals surface area contributed by atoms with Crippen LogP contribution in [0.15, 0.2) is 50.8 Å². The highest BCUT2D eigenvalue weighted by molar-refractivity contribution is 6.46. The maximum absolute atomic E-state index is 13.3. The molecule has 0 spiro atoms. The third-order valence-electron chi connectivity index (χ3n) is 7.07. The summed E-state index contributed by atoms with van der Waals surface area (Å²) in [7, 11) is 0. The van der Waals surface area contributed by atoms with E-state index in [0.29, 0.717) is 23.5 Å². The minimum atomic E-state index is -0.581. The van der Waals surface area contributed by atoms with Crippen LogP contribution in [0.25, 0.3) is 32.8 Å². The lowest BCUT2D eigenvalue weighted by atomic mass is 9.99. The first-order valence-electron chi connectivity index (χ1n) is 13.1. The maximum Gasteiger partial charge on any atom is 0.336 e. The van der Waals surface area contributed by atoms with Crippen molar-refractivity contribution in [3.8, 4) is 0 Å². The van der Waals surface area contributed by atoms with Crippen LogP contribution in [0.2, 0.25) is 0 Å². The van der Waals surface area contributed by atoms with Crippen molar-refractivity contribution >= 4 is 50.2 Å². The molecule has 0 amide bonds. The van der Waals surface area contributed by atoms with Crippen LogP contribution < -0.4 is 5.63 Å². The summed E-state index contributed by atoms with van der Waals surface area (Å²) in [6.07, 6.45) is 4.84. The van der Waals surface area contributed by atoms with Gasteiger partial charge >= 0.3 is 11.6 Å². The van der Waals surface area contributed by atoms with E-state index in [9.17, 15) is 14.4 Å². The summed E-state index contributed by atoms with van der Waals surface area (Å²) in [4.78, 5) is 41.6. The van der Waals surface area contributed by atoms with Gasteiger partial charge in [0.1, 0.15) is 11.3 Å². The van der Waals surface area contributed by atoms with Crippen LogP contribution in [-0.2, 0) is 16.2 Å². The van der Waals surface area contributed by atoms with Crippen molar-refractivity contribution in [2.45, 2.75) is 73.3 Å². The molecule has 2 heterocycles. The SMILES string of the molecule is CCCCC(CC)Cn1c2ccc(C(=O)/C(CC)=N/OC(C)=O)cc2c2c3oc(=O)cc(C)c3ccc21. The van der Waals surface area contributed by atoms with Gasteiger partial charge in [-0.05, 0) is 61.6 Å². The monoisotopic (exact) mass is 502 g/mol. The number of hydrogen-bond acceptors (Lipinski definition) is 6. The zero-order valence-electron chi connectivity index (χ0n) is 22.2. The molecule has 1 atom stereocenters. The van der Waals surface area contributed by atoms with Crippen molar-refractivity contribution in [1.82, 2.24) is 4.57 Å². The molecule has 0 N–H and O–H groups in total. The molecular weight excluding hydrogens is 468 g/mol. The number of aryl methyl sites for hydroxylation is 1. The standard InChI is InChI=1S/C30H34N2O5/c1-6-9-10-20(7-2)17-32-25-13-11-21(29(35)24(8-3)31-37-19(5)33)16-23(25)28-26(32)14-12-22-18(4)15-27(34)36-30(22)28/h11-16,20H,6-10,17H2,1-5H3/b31-24+. The van der Waals surface area contributed by atoms with E-state index in [4.69, 9.17) is 9.25 Å². The van der Waals surface area contributed by atoms with E-state index in [1.54, 1.807) is 13.0 Å². The molecule has 4 aromatic rings. The van der Waals surface area contributed by atoms with Crippen molar-refractivity contribution in [2.24, 2.45) is 11.1 Å². The number of rotatable bonds is 10. The Morgan fingerprint density at radius 3 is 2.49 bits per heavy atom. The van der Waals surface area contributed by atoms with Crippen LogP contribution in [0.1, 0.15) is 75.7 Å². The number of hydrogen-bond donors (Lipinski definition) is 0. The van der Waals surface area contributed by atoms with Crippen molar-refractivity contribution in [1.29, 1.82) is 0 Å². The van der Waals surface area contributed by atoms with Gasteiger partial charge in [0.15, 0.2) is 0 Å². The smallest absolute Gasteiger partial charge is 0.336 e. The number of nitrogens with zero attached hydrogens (tertiary/aromatic N) is 2. The van der Waals surface area contributed by atoms with Gasteiger partial charge in [-0.1, -0.05) is 45.2 Å². The van der Waals surface area contributed by atoms with Crippen LogP contribution in [0.3, 0.4) is 0 Å². The van der Waals surface area contributed by atoms with E-state index >= 15 is 0 Å². The van der Waals surface area contributed by atoms with Crippen LogP contribution in [0.5, 0.6) is 0 Å². The summed E-state index contributed by atoms with van der Waals surface area (Å²) in [6.45, 7) is 10.2. The van der Waals surface area contributed by atoms with E-state index in [2.05, 4.69) is 29.6 Å². The number of Topliss-reactive ketones (excluding diaryl/α,β-unsaturated/α-hetero) is 1. The van der Waals surface area contributed by atoms with Crippen molar-refractivity contribution in [3.63, 3.8) is 0 Å². The van der Waals surface area contributed by atoms with Gasteiger partial charge in [-0.2, -0.15) is 0 Å². The van der Waals surface area contributed by atoms with Crippen molar-refractivity contribution < 1.29 is 18.8 Å². The number of ketones is 1. The van der Waals surface area contributed by atoms with Gasteiger partial charge in [-0.25, -0.2) is 9.59 Å². The number of oxime groups is 1. The van der Waals surface area contributed by atoms with E-state index in [1.807, 2.05) is 25.1 Å². The summed E-state index contributed by atoms with van der Waals surface area (Å²) >= 11 is 0. The molecule has 0 bridgehead atoms. The number of carbonyl (C=O) groups is 2. The molecule has 0 aliphatic carbocycles. The van der Waals surface area contributed by atoms with Crippen molar-refractivity contribution in [2.75, 3.05) is 0 Å². The summed E-state index contributed by atoms with van der Waals surface area (Å²) in [5, 5.41) is 6.30. The lowest BCUT2D eigenvalue weighted by Gasteiger charge is -2.17. The Labute approximate surface area is 216 Å². The molecule has 0 fully saturated rings. The van der Waals surface area contributed by atoms with E-state index in [0.717, 1.165) is 58.6 Å². The van der Waals surface area contributed by atoms with Gasteiger partial charge in [0.25, 0.3) is 0 Å². The topological polar surface area (TPSA) is 90.9 Å². The Morgan fingerprint density at radius 2 is 1.81 bits per heavy atom. The number of benzene rings is 2. The number of carbonyl (C=O) groups excluding carboxylic acids is 2. The molecule has 2 aromatic heterocycles. The average molecular weight is 503 g/mol. The fourth-order valence-corrected chi connectivity index (χ4v) is 5.03. The first-order chi connectivity index (χ1) is 17.8. The van der Waals surface area contributed by atoms with Crippen LogP contribution >= 0.6 is 0 Å². The summed E-state index contributed by atoms with van der Waals surface area (Å²) in [5.41, 5.74) is 3.52. The zero-order chi connectivity index (χ0) is 26.7. The molecule has 0 saturated carbocycles. The van der Waals surface area contributed by atoms with Gasteiger partial charge in [0.2, 0.25) is 5.78 Å². The molecule has 7 heteroatoms. The van der Waals surface area contributed by atoms with Gasteiger partial charge in [-0.15, -0.1) is 0 Å². The Hall–Kier alpha value is -3.74. The third-order valence-corrected chi connectivity index (χ3v) is 7.07. The van der Waals surface area contributed by atoms with Crippen LogP contribution in [-0.4, -0.2) is 22.0 Å². The second kappa shape index (κ2) is 11.1. The minimum Gasteiger partial charge on any atom is -0.422 e. The summed E-state index contributed by atoms with van der Waals surface area (Å²) in [5.74, 6) is -0.385. The maximum atomic E-state index is 13.3. The van der Waals surface area contributed by atoms with Gasteiger partial charge in [-0.3, -0.25) is 4.79 Å². The molecule has 0 radical (unpaired) electrons. The predicted octanol–water partition coefficient (Wildman–Crippen LogP) is 6.94. The lowest BCUT2D eigenvalue weighted by Crippen LogP contribution is -2.15. The molecule has 7 nitrogen and oxygen atoms in total. The van der Waals surface area contributed by atoms with Gasteiger partial charge in [0, 0.05) is 41.4 Å². The normalized spacial score (nSPS) is 12.9. The molecule has 0 aliphatic heterocycles. The third kappa shape index (κ3) is 5.22. The fourth-order valence-electron chi connectivity index (χ4n) is 5.03. The van der Waals surface area contributed by atoms with E-state index in [-0.39, 0.29) is 11.5 Å². The highest BCUT2D eigenvalue weighted by atomic mass is 16.7. The molecule has 37 heavy (non-hydrogen) atoms. The fraction of sp³-hybridized carbons (Fsp3) is 0.400. The molecule has 194 valence electrons. The Bertz CT molecular complexity index is 1570. The van der Waals surface area contributed by atoms with Gasteiger partial charge < -0.3 is 13.8 Å². The molecule has 0 saturated heterocycles. The Balaban J connectivity index is 1.98. The summed E-state index contributed by atoms with van der Waals surface area (Å²) in [6, 6.07) is 11.2. The highest BCUT2D eigenvalue weighted by Gasteiger charge is 2.21.